The summed E-state index contributed by atoms with van der Waals surface area (Å²) in [5, 5.41) is 18.7. The molecule has 3 rings (SSSR count). The monoisotopic (exact) mass is 300 g/mol. The number of carbonyl (C=O) groups excluding carboxylic acids is 1. The molecule has 1 saturated heterocycles. The van der Waals surface area contributed by atoms with Crippen LogP contribution in [-0.4, -0.2) is 45.2 Å². The first kappa shape index (κ1) is 14.6. The number of nitrogens with one attached hydrogen (secondary N) is 2. The standard InChI is InChI=1S/C15H20N6O/c1-11(15(22)17-13-8-5-9-16-10-13)21-19-14(18-20-21)12-6-3-2-4-7-12/h2-4,6-7,11,13,16H,5,8-10H2,1H3,(H,17,22). The van der Waals surface area contributed by atoms with Crippen molar-refractivity contribution in [1.82, 2.24) is 30.8 Å². The number of tetrazole rings is 1. The molecular weight excluding hydrogens is 280 g/mol. The molecular formula is C15H20N6O. The highest BCUT2D eigenvalue weighted by Crippen LogP contribution is 2.13. The van der Waals surface area contributed by atoms with Gasteiger partial charge in [0.05, 0.1) is 0 Å². The smallest absolute Gasteiger partial charge is 0.246 e. The number of carbonyl (C=O) groups is 1. The number of rotatable bonds is 4. The summed E-state index contributed by atoms with van der Waals surface area (Å²) in [6.45, 7) is 3.62. The summed E-state index contributed by atoms with van der Waals surface area (Å²) in [5.74, 6) is 0.449. The molecule has 2 N–H and O–H groups in total. The summed E-state index contributed by atoms with van der Waals surface area (Å²) >= 11 is 0. The van der Waals surface area contributed by atoms with Gasteiger partial charge in [-0.25, -0.2) is 0 Å². The van der Waals surface area contributed by atoms with Crippen LogP contribution in [0.2, 0.25) is 0 Å². The summed E-state index contributed by atoms with van der Waals surface area (Å²) in [4.78, 5) is 13.7. The van der Waals surface area contributed by atoms with Crippen molar-refractivity contribution in [2.24, 2.45) is 0 Å². The molecule has 1 aromatic heterocycles. The molecule has 1 aliphatic rings. The molecule has 7 heteroatoms. The zero-order valence-corrected chi connectivity index (χ0v) is 12.6. The lowest BCUT2D eigenvalue weighted by molar-refractivity contribution is -0.125. The summed E-state index contributed by atoms with van der Waals surface area (Å²) in [7, 11) is 0. The predicted octanol–water partition coefficient (Wildman–Crippen LogP) is 0.769. The van der Waals surface area contributed by atoms with Gasteiger partial charge in [0.25, 0.3) is 0 Å². The van der Waals surface area contributed by atoms with Gasteiger partial charge in [-0.2, -0.15) is 4.80 Å². The van der Waals surface area contributed by atoms with Crippen molar-refractivity contribution in [1.29, 1.82) is 0 Å². The van der Waals surface area contributed by atoms with Crippen molar-refractivity contribution >= 4 is 5.91 Å². The van der Waals surface area contributed by atoms with Crippen molar-refractivity contribution in [3.63, 3.8) is 0 Å². The van der Waals surface area contributed by atoms with E-state index in [1.165, 1.54) is 4.80 Å². The second-order valence-electron chi connectivity index (χ2n) is 5.53. The lowest BCUT2D eigenvalue weighted by Crippen LogP contribution is -2.47. The maximum absolute atomic E-state index is 12.3. The number of hydrogen-bond donors (Lipinski definition) is 2. The van der Waals surface area contributed by atoms with Gasteiger partial charge in [-0.3, -0.25) is 4.79 Å². The predicted molar refractivity (Wildman–Crippen MR) is 82.0 cm³/mol. The molecule has 1 fully saturated rings. The second kappa shape index (κ2) is 6.65. The number of hydrogen-bond acceptors (Lipinski definition) is 5. The molecule has 0 saturated carbocycles. The van der Waals surface area contributed by atoms with Gasteiger partial charge in [0, 0.05) is 18.2 Å². The Balaban J connectivity index is 1.65. The molecule has 0 radical (unpaired) electrons. The average molecular weight is 300 g/mol. The summed E-state index contributed by atoms with van der Waals surface area (Å²) in [6.07, 6.45) is 2.09. The van der Waals surface area contributed by atoms with Gasteiger partial charge in [0.15, 0.2) is 0 Å². The van der Waals surface area contributed by atoms with Crippen molar-refractivity contribution < 1.29 is 4.79 Å². The Morgan fingerprint density at radius 3 is 2.95 bits per heavy atom. The van der Waals surface area contributed by atoms with Crippen LogP contribution in [0.15, 0.2) is 30.3 Å². The van der Waals surface area contributed by atoms with Gasteiger partial charge in [-0.05, 0) is 31.5 Å². The Hall–Kier alpha value is -2.28. The molecule has 1 aliphatic heterocycles. The van der Waals surface area contributed by atoms with E-state index in [1.54, 1.807) is 6.92 Å². The Morgan fingerprint density at radius 2 is 2.23 bits per heavy atom. The van der Waals surface area contributed by atoms with Gasteiger partial charge in [-0.15, -0.1) is 10.2 Å². The van der Waals surface area contributed by atoms with Crippen molar-refractivity contribution in [2.75, 3.05) is 13.1 Å². The fourth-order valence-electron chi connectivity index (χ4n) is 2.49. The average Bonchev–Trinajstić information content (AvgIpc) is 3.06. The first-order valence-electron chi connectivity index (χ1n) is 7.60. The second-order valence-corrected chi connectivity index (χ2v) is 5.53. The highest BCUT2D eigenvalue weighted by atomic mass is 16.2. The molecule has 2 unspecified atom stereocenters. The lowest BCUT2D eigenvalue weighted by Gasteiger charge is -2.24. The topological polar surface area (TPSA) is 84.7 Å². The zero-order chi connectivity index (χ0) is 15.4. The van der Waals surface area contributed by atoms with Crippen LogP contribution in [0.25, 0.3) is 11.4 Å². The van der Waals surface area contributed by atoms with E-state index in [-0.39, 0.29) is 11.9 Å². The molecule has 0 bridgehead atoms. The van der Waals surface area contributed by atoms with Crippen molar-refractivity contribution in [3.05, 3.63) is 30.3 Å². The minimum absolute atomic E-state index is 0.0780. The highest BCUT2D eigenvalue weighted by Gasteiger charge is 2.22. The third-order valence-corrected chi connectivity index (χ3v) is 3.83. The minimum Gasteiger partial charge on any atom is -0.350 e. The number of benzene rings is 1. The first-order valence-corrected chi connectivity index (χ1v) is 7.60. The van der Waals surface area contributed by atoms with E-state index in [4.69, 9.17) is 0 Å². The van der Waals surface area contributed by atoms with Gasteiger partial charge in [0.1, 0.15) is 6.04 Å². The fraction of sp³-hybridized carbons (Fsp3) is 0.467. The minimum atomic E-state index is -0.480. The quantitative estimate of drug-likeness (QED) is 0.871. The molecule has 2 atom stereocenters. The molecule has 2 heterocycles. The molecule has 0 spiro atoms. The molecule has 1 aromatic carbocycles. The van der Waals surface area contributed by atoms with Gasteiger partial charge in [-0.1, -0.05) is 30.3 Å². The first-order chi connectivity index (χ1) is 10.7. The van der Waals surface area contributed by atoms with E-state index in [0.29, 0.717) is 5.82 Å². The fourth-order valence-corrected chi connectivity index (χ4v) is 2.49. The van der Waals surface area contributed by atoms with Gasteiger partial charge < -0.3 is 10.6 Å². The molecule has 2 aromatic rings. The van der Waals surface area contributed by atoms with Crippen LogP contribution in [0.3, 0.4) is 0 Å². The normalized spacial score (nSPS) is 19.6. The Labute approximate surface area is 129 Å². The number of amides is 1. The zero-order valence-electron chi connectivity index (χ0n) is 12.6. The van der Waals surface area contributed by atoms with E-state index in [1.807, 2.05) is 30.3 Å². The largest absolute Gasteiger partial charge is 0.350 e. The van der Waals surface area contributed by atoms with E-state index in [0.717, 1.165) is 31.5 Å². The highest BCUT2D eigenvalue weighted by molar-refractivity contribution is 5.80. The summed E-state index contributed by atoms with van der Waals surface area (Å²) < 4.78 is 0. The van der Waals surface area contributed by atoms with Crippen LogP contribution >= 0.6 is 0 Å². The molecule has 116 valence electrons. The Morgan fingerprint density at radius 1 is 1.41 bits per heavy atom. The molecule has 7 nitrogen and oxygen atoms in total. The van der Waals surface area contributed by atoms with E-state index < -0.39 is 6.04 Å². The SMILES string of the molecule is CC(C(=O)NC1CCCNC1)n1nnc(-c2ccccc2)n1. The van der Waals surface area contributed by atoms with Crippen LogP contribution in [0.4, 0.5) is 0 Å². The van der Waals surface area contributed by atoms with Crippen LogP contribution < -0.4 is 10.6 Å². The van der Waals surface area contributed by atoms with Crippen LogP contribution in [0.5, 0.6) is 0 Å². The Bertz CT molecular complexity index is 620. The van der Waals surface area contributed by atoms with Crippen molar-refractivity contribution in [2.45, 2.75) is 31.8 Å². The number of nitrogens with zero attached hydrogens (tertiary/aromatic N) is 4. The number of piperidine rings is 1. The lowest BCUT2D eigenvalue weighted by atomic mass is 10.1. The van der Waals surface area contributed by atoms with Gasteiger partial charge in [0.2, 0.25) is 11.7 Å². The van der Waals surface area contributed by atoms with E-state index >= 15 is 0 Å². The van der Waals surface area contributed by atoms with E-state index in [9.17, 15) is 4.79 Å². The summed E-state index contributed by atoms with van der Waals surface area (Å²) in [6, 6.07) is 9.31. The maximum atomic E-state index is 12.3. The molecule has 0 aliphatic carbocycles. The van der Waals surface area contributed by atoms with Crippen LogP contribution in [0, 0.1) is 0 Å². The van der Waals surface area contributed by atoms with Gasteiger partial charge >= 0.3 is 0 Å². The third-order valence-electron chi connectivity index (χ3n) is 3.83. The van der Waals surface area contributed by atoms with Crippen LogP contribution in [0.1, 0.15) is 25.8 Å². The third kappa shape index (κ3) is 3.30. The summed E-state index contributed by atoms with van der Waals surface area (Å²) in [5.41, 5.74) is 0.887. The Kier molecular flexibility index (Phi) is 4.43. The molecule has 1 amide bonds. The molecule has 22 heavy (non-hydrogen) atoms. The maximum Gasteiger partial charge on any atom is 0.246 e. The number of aromatic nitrogens is 4. The van der Waals surface area contributed by atoms with Crippen molar-refractivity contribution in [3.8, 4) is 11.4 Å². The van der Waals surface area contributed by atoms with Crippen LogP contribution in [-0.2, 0) is 4.79 Å². The van der Waals surface area contributed by atoms with E-state index in [2.05, 4.69) is 26.0 Å².